The van der Waals surface area contributed by atoms with Crippen LogP contribution in [0.3, 0.4) is 0 Å². The Hall–Kier alpha value is -1.69. The maximum atomic E-state index is 11.1. The van der Waals surface area contributed by atoms with Gasteiger partial charge in [0.1, 0.15) is 53.9 Å². The van der Waals surface area contributed by atoms with E-state index in [1.165, 1.54) is 12.1 Å². The largest absolute Gasteiger partial charge is 0.394 e. The van der Waals surface area contributed by atoms with Crippen molar-refractivity contribution in [3.05, 3.63) is 33.3 Å². The van der Waals surface area contributed by atoms with Crippen molar-refractivity contribution in [2.45, 2.75) is 61.3 Å². The molecular formula is C18H25ClN2O12. The van der Waals surface area contributed by atoms with Gasteiger partial charge >= 0.3 is 0 Å². The lowest BCUT2D eigenvalue weighted by Crippen LogP contribution is -2.65. The van der Waals surface area contributed by atoms with Gasteiger partial charge in [0, 0.05) is 11.8 Å². The highest BCUT2D eigenvalue weighted by atomic mass is 35.5. The molecule has 0 spiro atoms. The van der Waals surface area contributed by atoms with E-state index in [1.54, 1.807) is 0 Å². The van der Waals surface area contributed by atoms with Gasteiger partial charge in [-0.15, -0.1) is 0 Å². The van der Waals surface area contributed by atoms with E-state index in [0.29, 0.717) is 0 Å². The summed E-state index contributed by atoms with van der Waals surface area (Å²) in [5, 5.41) is 83.6. The number of nitro benzene ring substituents is 1. The Morgan fingerprint density at radius 2 is 1.64 bits per heavy atom. The van der Waals surface area contributed by atoms with Crippen molar-refractivity contribution in [1.82, 2.24) is 0 Å². The van der Waals surface area contributed by atoms with Gasteiger partial charge in [-0.3, -0.25) is 10.1 Å². The number of halogens is 1. The van der Waals surface area contributed by atoms with E-state index >= 15 is 0 Å². The van der Waals surface area contributed by atoms with Crippen molar-refractivity contribution in [2.75, 3.05) is 18.5 Å². The molecule has 0 saturated carbocycles. The molecule has 0 aliphatic carbocycles. The van der Waals surface area contributed by atoms with Gasteiger partial charge in [0.15, 0.2) is 12.5 Å². The van der Waals surface area contributed by atoms with E-state index < -0.39 is 85.2 Å². The van der Waals surface area contributed by atoms with Gasteiger partial charge in [-0.2, -0.15) is 0 Å². The fourth-order valence-electron chi connectivity index (χ4n) is 3.62. The average molecular weight is 497 g/mol. The van der Waals surface area contributed by atoms with Crippen molar-refractivity contribution in [2.24, 2.45) is 0 Å². The van der Waals surface area contributed by atoms with Crippen LogP contribution < -0.4 is 5.32 Å². The number of rotatable bonds is 7. The summed E-state index contributed by atoms with van der Waals surface area (Å²) in [5.41, 5.74) is -0.276. The first-order chi connectivity index (χ1) is 15.6. The van der Waals surface area contributed by atoms with Crippen molar-refractivity contribution >= 4 is 23.0 Å². The molecule has 10 atom stereocenters. The summed E-state index contributed by atoms with van der Waals surface area (Å²) < 4.78 is 16.2. The molecule has 1 aromatic rings. The summed E-state index contributed by atoms with van der Waals surface area (Å²) in [6.07, 6.45) is -15.6. The predicted molar refractivity (Wildman–Crippen MR) is 108 cm³/mol. The molecule has 3 rings (SSSR count). The highest BCUT2D eigenvalue weighted by Gasteiger charge is 2.50. The van der Waals surface area contributed by atoms with E-state index in [-0.39, 0.29) is 10.7 Å². The highest BCUT2D eigenvalue weighted by Crippen LogP contribution is 2.32. The molecule has 8 N–H and O–H groups in total. The van der Waals surface area contributed by atoms with Crippen LogP contribution in [0.2, 0.25) is 5.02 Å². The number of ether oxygens (including phenoxy) is 3. The zero-order chi connectivity index (χ0) is 24.4. The molecule has 14 nitrogen and oxygen atoms in total. The third-order valence-corrected chi connectivity index (χ3v) is 5.78. The summed E-state index contributed by atoms with van der Waals surface area (Å²) in [7, 11) is 0. The van der Waals surface area contributed by atoms with Crippen LogP contribution in [0.5, 0.6) is 0 Å². The Labute approximate surface area is 191 Å². The summed E-state index contributed by atoms with van der Waals surface area (Å²) in [5.74, 6) is 0. The van der Waals surface area contributed by atoms with Crippen molar-refractivity contribution in [1.29, 1.82) is 0 Å². The molecule has 2 saturated heterocycles. The molecule has 0 unspecified atom stereocenters. The number of aliphatic hydroxyl groups excluding tert-OH is 7. The minimum atomic E-state index is -1.78. The number of hydrogen-bond acceptors (Lipinski definition) is 13. The molecule has 15 heteroatoms. The average Bonchev–Trinajstić information content (AvgIpc) is 2.79. The lowest BCUT2D eigenvalue weighted by Gasteiger charge is -2.46. The van der Waals surface area contributed by atoms with Crippen molar-refractivity contribution in [3.63, 3.8) is 0 Å². The zero-order valence-corrected chi connectivity index (χ0v) is 17.7. The second-order valence-corrected chi connectivity index (χ2v) is 8.03. The van der Waals surface area contributed by atoms with Crippen LogP contribution in [0.1, 0.15) is 0 Å². The van der Waals surface area contributed by atoms with Crippen molar-refractivity contribution in [3.8, 4) is 0 Å². The van der Waals surface area contributed by atoms with Crippen LogP contribution in [-0.2, 0) is 14.2 Å². The molecule has 0 bridgehead atoms. The van der Waals surface area contributed by atoms with Crippen molar-refractivity contribution < 1.29 is 54.9 Å². The third kappa shape index (κ3) is 5.36. The minimum Gasteiger partial charge on any atom is -0.394 e. The van der Waals surface area contributed by atoms with Crippen LogP contribution in [0, 0.1) is 10.1 Å². The first kappa shape index (κ1) is 25.9. The summed E-state index contributed by atoms with van der Waals surface area (Å²) >= 11 is 5.77. The molecule has 2 heterocycles. The second-order valence-electron chi connectivity index (χ2n) is 7.62. The van der Waals surface area contributed by atoms with E-state index in [1.807, 2.05) is 0 Å². The standard InChI is InChI=1S/C18H25ClN2O12/c19-7-2-1-6(3-8(7)21(29)30)20-17-14(27)13(26)16(10(5-23)31-17)33-18-15(28)12(25)11(24)9(4-22)32-18/h1-3,9-18,20,22-28H,4-5H2/t9-,10-,11+,12+,13-,14+,15+,16+,17-,18+/m0/s1. The Kier molecular flexibility index (Phi) is 8.41. The smallest absolute Gasteiger partial charge is 0.289 e. The van der Waals surface area contributed by atoms with Gasteiger partial charge in [0.25, 0.3) is 5.69 Å². The first-order valence-corrected chi connectivity index (χ1v) is 10.3. The van der Waals surface area contributed by atoms with Crippen LogP contribution in [-0.4, -0.2) is 115 Å². The predicted octanol–water partition coefficient (Wildman–Crippen LogP) is -2.72. The van der Waals surface area contributed by atoms with Crippen LogP contribution in [0.25, 0.3) is 0 Å². The molecule has 2 aliphatic rings. The number of nitro groups is 1. The minimum absolute atomic E-state index is 0.114. The van der Waals surface area contributed by atoms with Crippen LogP contribution in [0.15, 0.2) is 18.2 Å². The maximum Gasteiger partial charge on any atom is 0.289 e. The van der Waals surface area contributed by atoms with E-state index in [2.05, 4.69) is 5.32 Å². The van der Waals surface area contributed by atoms with E-state index in [0.717, 1.165) is 6.07 Å². The topological polar surface area (TPSA) is 224 Å². The molecule has 0 radical (unpaired) electrons. The molecule has 33 heavy (non-hydrogen) atoms. The number of nitrogens with zero attached hydrogens (tertiary/aromatic N) is 1. The zero-order valence-electron chi connectivity index (χ0n) is 16.9. The molecule has 186 valence electrons. The second kappa shape index (κ2) is 10.7. The Morgan fingerprint density at radius 3 is 2.24 bits per heavy atom. The first-order valence-electron chi connectivity index (χ1n) is 9.88. The lowest BCUT2D eigenvalue weighted by molar-refractivity contribution is -0.384. The summed E-state index contributed by atoms with van der Waals surface area (Å²) in [6.45, 7) is -1.43. The molecular weight excluding hydrogens is 472 g/mol. The lowest BCUT2D eigenvalue weighted by atomic mass is 9.96. The summed E-state index contributed by atoms with van der Waals surface area (Å²) in [6, 6.07) is 3.72. The van der Waals surface area contributed by atoms with Gasteiger partial charge < -0.3 is 55.3 Å². The number of anilines is 1. The monoisotopic (exact) mass is 496 g/mol. The van der Waals surface area contributed by atoms with Gasteiger partial charge in [-0.1, -0.05) is 11.6 Å². The quantitative estimate of drug-likeness (QED) is 0.142. The molecule has 0 aromatic heterocycles. The third-order valence-electron chi connectivity index (χ3n) is 5.46. The van der Waals surface area contributed by atoms with Crippen LogP contribution in [0.4, 0.5) is 11.4 Å². The van der Waals surface area contributed by atoms with Crippen LogP contribution >= 0.6 is 11.6 Å². The molecule has 2 aliphatic heterocycles. The highest BCUT2D eigenvalue weighted by molar-refractivity contribution is 6.32. The SMILES string of the molecule is O=[N+]([O-])c1cc(N[C@H]2O[C@@H](CO)[C@@H](O[C@H]3O[C@@H](CO)[C@@H](O)[C@@H](O)[C@H]3O)[C@@H](O)[C@H]2O)ccc1Cl. The molecule has 0 amide bonds. The fraction of sp³-hybridized carbons (Fsp3) is 0.667. The van der Waals surface area contributed by atoms with Gasteiger partial charge in [-0.25, -0.2) is 0 Å². The van der Waals surface area contributed by atoms with E-state index in [4.69, 9.17) is 25.8 Å². The molecule has 2 fully saturated rings. The van der Waals surface area contributed by atoms with Gasteiger partial charge in [0.05, 0.1) is 18.1 Å². The number of aliphatic hydroxyl groups is 7. The summed E-state index contributed by atoms with van der Waals surface area (Å²) in [4.78, 5) is 10.4. The Morgan fingerprint density at radius 1 is 0.970 bits per heavy atom. The van der Waals surface area contributed by atoms with E-state index in [9.17, 15) is 45.9 Å². The number of benzene rings is 1. The molecule has 1 aromatic carbocycles. The fourth-order valence-corrected chi connectivity index (χ4v) is 3.80. The number of hydrogen-bond donors (Lipinski definition) is 8. The Bertz CT molecular complexity index is 830. The maximum absolute atomic E-state index is 11.1. The number of nitrogens with one attached hydrogen (secondary N) is 1. The van der Waals surface area contributed by atoms with Gasteiger partial charge in [0.2, 0.25) is 0 Å². The van der Waals surface area contributed by atoms with Gasteiger partial charge in [-0.05, 0) is 12.1 Å². The normalized spacial score (nSPS) is 39.3. The Balaban J connectivity index is 1.74.